The lowest BCUT2D eigenvalue weighted by atomic mass is 10.1. The fourth-order valence-corrected chi connectivity index (χ4v) is 6.65. The zero-order valence-corrected chi connectivity index (χ0v) is 35.9. The van der Waals surface area contributed by atoms with Gasteiger partial charge in [-0.2, -0.15) is 10.5 Å². The van der Waals surface area contributed by atoms with E-state index in [0.29, 0.717) is 48.7 Å². The summed E-state index contributed by atoms with van der Waals surface area (Å²) >= 11 is 0. The number of nitrogens with two attached hydrogens (primary N) is 2. The van der Waals surface area contributed by atoms with Crippen LogP contribution in [0, 0.1) is 29.6 Å². The molecule has 328 valence electrons. The summed E-state index contributed by atoms with van der Waals surface area (Å²) < 4.78 is 3.72. The van der Waals surface area contributed by atoms with Crippen molar-refractivity contribution in [1.82, 2.24) is 40.0 Å². The molecule has 0 radical (unpaired) electrons. The minimum Gasteiger partial charge on any atom is -0.350 e. The van der Waals surface area contributed by atoms with Crippen LogP contribution in [-0.4, -0.2) is 79.9 Å². The van der Waals surface area contributed by atoms with Crippen molar-refractivity contribution >= 4 is 23.6 Å². The van der Waals surface area contributed by atoms with Crippen LogP contribution in [0.5, 0.6) is 0 Å². The second kappa shape index (κ2) is 23.9. The molecule has 4 aromatic carbocycles. The summed E-state index contributed by atoms with van der Waals surface area (Å²) in [6.45, 7) is 3.83. The van der Waals surface area contributed by atoms with Crippen LogP contribution in [0.15, 0.2) is 128 Å². The highest BCUT2D eigenvalue weighted by molar-refractivity contribution is 5.89. The molecule has 0 aliphatic rings. The van der Waals surface area contributed by atoms with Crippen LogP contribution in [0.2, 0.25) is 0 Å². The fourth-order valence-electron chi connectivity index (χ4n) is 6.65. The number of likely N-dealkylation sites (N-methyl/N-ethyl adjacent to an activating group) is 1. The van der Waals surface area contributed by atoms with Crippen molar-refractivity contribution in [3.63, 3.8) is 0 Å². The van der Waals surface area contributed by atoms with Crippen LogP contribution in [-0.2, 0) is 58.2 Å². The van der Waals surface area contributed by atoms with Gasteiger partial charge in [0.25, 0.3) is 0 Å². The monoisotopic (exact) mass is 860 g/mol. The van der Waals surface area contributed by atoms with Crippen LogP contribution in [0.1, 0.15) is 50.3 Å². The summed E-state index contributed by atoms with van der Waals surface area (Å²) in [4.78, 5) is 60.3. The minimum atomic E-state index is -0.817. The van der Waals surface area contributed by atoms with E-state index >= 15 is 0 Å². The van der Waals surface area contributed by atoms with Crippen molar-refractivity contribution in [2.24, 2.45) is 11.5 Å². The summed E-state index contributed by atoms with van der Waals surface area (Å²) in [6, 6.07) is 34.5. The van der Waals surface area contributed by atoms with Gasteiger partial charge in [0.05, 0.1) is 48.8 Å². The maximum absolute atomic E-state index is 12.8. The lowest BCUT2D eigenvalue weighted by molar-refractivity contribution is -0.135. The molecule has 0 aliphatic heterocycles. The number of nitrogens with one attached hydrogen (secondary N) is 3. The summed E-state index contributed by atoms with van der Waals surface area (Å²) in [5, 5.41) is 26.1. The second-order valence-corrected chi connectivity index (χ2v) is 15.1. The Morgan fingerprint density at radius 1 is 0.672 bits per heavy atom. The van der Waals surface area contributed by atoms with Gasteiger partial charge < -0.3 is 41.5 Å². The van der Waals surface area contributed by atoms with Gasteiger partial charge in [-0.1, -0.05) is 84.4 Å². The van der Waals surface area contributed by atoms with E-state index < -0.39 is 12.1 Å². The molecule has 2 unspecified atom stereocenters. The van der Waals surface area contributed by atoms with Gasteiger partial charge in [-0.25, -0.2) is 9.97 Å². The second-order valence-electron chi connectivity index (χ2n) is 15.1. The quantitative estimate of drug-likeness (QED) is 0.0847. The average molecular weight is 861 g/mol. The molecule has 0 bridgehead atoms. The number of hydrogen-bond donors (Lipinski definition) is 5. The van der Waals surface area contributed by atoms with Crippen molar-refractivity contribution in [3.05, 3.63) is 179 Å². The van der Waals surface area contributed by atoms with Gasteiger partial charge >= 0.3 is 0 Å². The first-order valence-electron chi connectivity index (χ1n) is 20.6. The van der Waals surface area contributed by atoms with Crippen molar-refractivity contribution < 1.29 is 19.2 Å². The third-order valence-corrected chi connectivity index (χ3v) is 10.1. The van der Waals surface area contributed by atoms with Gasteiger partial charge in [0.1, 0.15) is 12.1 Å². The highest BCUT2D eigenvalue weighted by Crippen LogP contribution is 2.12. The van der Waals surface area contributed by atoms with Crippen molar-refractivity contribution in [2.75, 3.05) is 20.1 Å². The normalized spacial score (nSPS) is 11.4. The number of benzene rings is 4. The van der Waals surface area contributed by atoms with Gasteiger partial charge in [0.15, 0.2) is 0 Å². The topological polar surface area (TPSA) is 243 Å². The zero-order valence-electron chi connectivity index (χ0n) is 35.9. The summed E-state index contributed by atoms with van der Waals surface area (Å²) in [6.07, 6.45) is 6.69. The summed E-state index contributed by atoms with van der Waals surface area (Å²) in [7, 11) is 1.69. The van der Waals surface area contributed by atoms with Gasteiger partial charge in [0, 0.05) is 70.1 Å². The molecule has 2 atom stereocenters. The number of aromatic nitrogens is 4. The van der Waals surface area contributed by atoms with Crippen molar-refractivity contribution in [1.29, 1.82) is 10.5 Å². The molecule has 0 fully saturated rings. The molecule has 7 N–H and O–H groups in total. The van der Waals surface area contributed by atoms with Crippen LogP contribution in [0.25, 0.3) is 0 Å². The number of hydrogen-bond acceptors (Lipinski definition) is 10. The molecule has 0 saturated carbocycles. The van der Waals surface area contributed by atoms with Gasteiger partial charge in [-0.05, 0) is 53.4 Å². The molecular weight excluding hydrogens is 809 g/mol. The van der Waals surface area contributed by atoms with Crippen LogP contribution in [0.3, 0.4) is 0 Å². The van der Waals surface area contributed by atoms with E-state index in [-0.39, 0.29) is 49.6 Å². The van der Waals surface area contributed by atoms with Gasteiger partial charge in [-0.3, -0.25) is 19.2 Å². The molecular formula is C48H52N12O4. The molecule has 6 aromatic rings. The van der Waals surface area contributed by atoms with E-state index in [2.05, 4.69) is 38.1 Å². The van der Waals surface area contributed by atoms with Gasteiger partial charge in [0.2, 0.25) is 23.6 Å². The standard InChI is InChI=1S/2C24H26N6O2/c1-17-3-2-4-20(9-17)13-28-24(32)22(12-26)29-23(31)10-21-14-27-16-30(21)15-19-7-5-18(11-25)6-8-19;1-29(15-19-5-3-2-4-6-19)24(32)22(13-26)28-23(31)11-21-14-27-17-30(21)16-20-9-7-18(12-25)8-10-20/h2-9,14,16,22H,10,12-13,15,26H2,1H3,(H,28,32)(H,29,31);2-10,14,17,22H,11,13,15-16,26H2,1H3,(H,28,31). The largest absolute Gasteiger partial charge is 0.350 e. The molecule has 4 amide bonds. The van der Waals surface area contributed by atoms with Gasteiger partial charge in [-0.15, -0.1) is 0 Å². The van der Waals surface area contributed by atoms with E-state index in [4.69, 9.17) is 22.0 Å². The Hall–Kier alpha value is -7.92. The number of nitrogens with zero attached hydrogens (tertiary/aromatic N) is 7. The first-order chi connectivity index (χ1) is 31.0. The molecule has 0 spiro atoms. The van der Waals surface area contributed by atoms with Crippen molar-refractivity contribution in [3.8, 4) is 12.1 Å². The van der Waals surface area contributed by atoms with E-state index in [1.54, 1.807) is 61.3 Å². The zero-order chi connectivity index (χ0) is 45.8. The lowest BCUT2D eigenvalue weighted by Crippen LogP contribution is -2.51. The first-order valence-corrected chi connectivity index (χ1v) is 20.6. The van der Waals surface area contributed by atoms with E-state index in [0.717, 1.165) is 27.8 Å². The average Bonchev–Trinajstić information content (AvgIpc) is 3.95. The Balaban J connectivity index is 0.000000241. The number of amides is 4. The van der Waals surface area contributed by atoms with E-state index in [1.807, 2.05) is 94.9 Å². The number of carbonyl (C=O) groups excluding carboxylic acids is 4. The molecule has 64 heavy (non-hydrogen) atoms. The van der Waals surface area contributed by atoms with E-state index in [9.17, 15) is 19.2 Å². The predicted octanol–water partition coefficient (Wildman–Crippen LogP) is 2.86. The highest BCUT2D eigenvalue weighted by Gasteiger charge is 2.24. The Kier molecular flexibility index (Phi) is 17.6. The van der Waals surface area contributed by atoms with Crippen molar-refractivity contribution in [2.45, 2.75) is 58.0 Å². The SMILES string of the molecule is CN(Cc1ccccc1)C(=O)C(CN)NC(=O)Cc1cncn1Cc1ccc(C#N)cc1.Cc1cccc(CNC(=O)C(CN)NC(=O)Cc2cncn2Cc2ccc(C#N)cc2)c1. The molecule has 0 aliphatic carbocycles. The molecule has 16 nitrogen and oxygen atoms in total. The summed E-state index contributed by atoms with van der Waals surface area (Å²) in [5.41, 5.74) is 19.2. The minimum absolute atomic E-state index is 0.00407. The Bertz CT molecular complexity index is 2560. The van der Waals surface area contributed by atoms with Crippen LogP contribution < -0.4 is 27.4 Å². The van der Waals surface area contributed by atoms with Crippen LogP contribution in [0.4, 0.5) is 0 Å². The summed E-state index contributed by atoms with van der Waals surface area (Å²) in [5.74, 6) is -1.18. The third-order valence-electron chi connectivity index (χ3n) is 10.1. The fraction of sp³-hybridized carbons (Fsp3) is 0.250. The Morgan fingerprint density at radius 2 is 1.17 bits per heavy atom. The third kappa shape index (κ3) is 14.3. The molecule has 2 heterocycles. The maximum Gasteiger partial charge on any atom is 0.246 e. The Labute approximate surface area is 372 Å². The molecule has 16 heteroatoms. The van der Waals surface area contributed by atoms with E-state index in [1.165, 1.54) is 0 Å². The number of rotatable bonds is 18. The predicted molar refractivity (Wildman–Crippen MR) is 240 cm³/mol. The number of nitriles is 2. The van der Waals surface area contributed by atoms with Crippen LogP contribution >= 0.6 is 0 Å². The number of imidazole rings is 2. The first kappa shape index (κ1) is 47.1. The number of carbonyl (C=O) groups is 4. The molecule has 2 aromatic heterocycles. The smallest absolute Gasteiger partial charge is 0.246 e. The Morgan fingerprint density at radius 3 is 1.66 bits per heavy atom. The highest BCUT2D eigenvalue weighted by atomic mass is 16.2. The molecule has 6 rings (SSSR count). The maximum atomic E-state index is 12.8. The molecule has 0 saturated heterocycles. The number of aryl methyl sites for hydroxylation is 1. The lowest BCUT2D eigenvalue weighted by Gasteiger charge is -2.24.